The van der Waals surface area contributed by atoms with Crippen molar-refractivity contribution in [3.8, 4) is 0 Å². The second-order valence-corrected chi connectivity index (χ2v) is 6.98. The van der Waals surface area contributed by atoms with Gasteiger partial charge in [-0.05, 0) is 43.3 Å². The fraction of sp³-hybridized carbons (Fsp3) is 0.562. The summed E-state index contributed by atoms with van der Waals surface area (Å²) >= 11 is 1.87. The second-order valence-electron chi connectivity index (χ2n) is 5.95. The zero-order chi connectivity index (χ0) is 14.5. The maximum atomic E-state index is 4.16. The van der Waals surface area contributed by atoms with Crippen molar-refractivity contribution < 1.29 is 0 Å². The molecule has 0 amide bonds. The number of likely N-dealkylation sites (tertiary alicyclic amines) is 1. The molecule has 4 nitrogen and oxygen atoms in total. The second kappa shape index (κ2) is 7.20. The summed E-state index contributed by atoms with van der Waals surface area (Å²) in [5, 5.41) is 5.77. The number of piperidine rings is 1. The molecule has 2 aromatic heterocycles. The minimum atomic E-state index is 0.770. The van der Waals surface area contributed by atoms with Gasteiger partial charge in [-0.15, -0.1) is 11.3 Å². The van der Waals surface area contributed by atoms with Crippen LogP contribution in [0.25, 0.3) is 0 Å². The minimum Gasteiger partial charge on any atom is -0.337 e. The van der Waals surface area contributed by atoms with Crippen molar-refractivity contribution in [3.63, 3.8) is 0 Å². The number of nitrogens with zero attached hydrogens (tertiary/aromatic N) is 3. The van der Waals surface area contributed by atoms with Crippen molar-refractivity contribution in [2.24, 2.45) is 13.0 Å². The molecule has 0 aliphatic carbocycles. The lowest BCUT2D eigenvalue weighted by Gasteiger charge is -2.32. The van der Waals surface area contributed by atoms with E-state index in [2.05, 4.69) is 37.3 Å². The smallest absolute Gasteiger partial charge is 0.0945 e. The number of rotatable bonds is 6. The molecule has 0 bridgehead atoms. The predicted octanol–water partition coefficient (Wildman–Crippen LogP) is 2.48. The van der Waals surface area contributed by atoms with Gasteiger partial charge in [-0.2, -0.15) is 0 Å². The van der Waals surface area contributed by atoms with Crippen LogP contribution in [0, 0.1) is 5.92 Å². The normalized spacial score (nSPS) is 20.0. The van der Waals surface area contributed by atoms with E-state index in [1.165, 1.54) is 36.5 Å². The lowest BCUT2D eigenvalue weighted by Crippen LogP contribution is -2.39. The first-order valence-electron chi connectivity index (χ1n) is 7.72. The molecular weight excluding hydrogens is 280 g/mol. The third-order valence-corrected chi connectivity index (χ3v) is 5.08. The topological polar surface area (TPSA) is 33.1 Å². The van der Waals surface area contributed by atoms with Gasteiger partial charge in [0.25, 0.3) is 0 Å². The molecule has 1 saturated heterocycles. The molecule has 0 spiro atoms. The van der Waals surface area contributed by atoms with Crippen molar-refractivity contribution in [3.05, 3.63) is 40.6 Å². The summed E-state index contributed by atoms with van der Waals surface area (Å²) in [5.74, 6) is 0.770. The van der Waals surface area contributed by atoms with Gasteiger partial charge in [-0.3, -0.25) is 4.90 Å². The Bertz CT molecular complexity index is 534. The van der Waals surface area contributed by atoms with E-state index in [0.29, 0.717) is 0 Å². The van der Waals surface area contributed by atoms with Gasteiger partial charge in [0.05, 0.1) is 12.0 Å². The standard InChI is InChI=1S/C16H24N4S/c1-19-13-18-10-15(19)9-17-8-14-4-2-6-20(11-14)12-16-5-3-7-21-16/h3,5,7,10,13-14,17H,2,4,6,8-9,11-12H2,1H3/t14-/m0/s1. The number of nitrogens with one attached hydrogen (secondary N) is 1. The summed E-state index contributed by atoms with van der Waals surface area (Å²) in [4.78, 5) is 8.24. The van der Waals surface area contributed by atoms with Crippen LogP contribution in [-0.2, 0) is 20.1 Å². The molecule has 0 unspecified atom stereocenters. The summed E-state index contributed by atoms with van der Waals surface area (Å²) in [6.07, 6.45) is 6.47. The van der Waals surface area contributed by atoms with Crippen LogP contribution in [0.1, 0.15) is 23.4 Å². The molecule has 0 radical (unpaired) electrons. The third kappa shape index (κ3) is 4.15. The van der Waals surface area contributed by atoms with Gasteiger partial charge in [0.1, 0.15) is 0 Å². The number of aromatic nitrogens is 2. The summed E-state index contributed by atoms with van der Waals surface area (Å²) < 4.78 is 2.08. The van der Waals surface area contributed by atoms with Crippen molar-refractivity contribution in [1.82, 2.24) is 19.8 Å². The highest BCUT2D eigenvalue weighted by Gasteiger charge is 2.19. The number of imidazole rings is 1. The number of hydrogen-bond acceptors (Lipinski definition) is 4. The summed E-state index contributed by atoms with van der Waals surface area (Å²) in [6, 6.07) is 4.39. The zero-order valence-corrected chi connectivity index (χ0v) is 13.5. The first kappa shape index (κ1) is 14.8. The van der Waals surface area contributed by atoms with E-state index in [1.807, 2.05) is 30.9 Å². The zero-order valence-electron chi connectivity index (χ0n) is 12.7. The van der Waals surface area contributed by atoms with Gasteiger partial charge >= 0.3 is 0 Å². The van der Waals surface area contributed by atoms with Gasteiger partial charge in [0.15, 0.2) is 0 Å². The molecule has 0 aromatic carbocycles. The molecule has 1 aliphatic heterocycles. The van der Waals surface area contributed by atoms with Crippen LogP contribution < -0.4 is 5.32 Å². The van der Waals surface area contributed by atoms with E-state index in [0.717, 1.165) is 25.6 Å². The Morgan fingerprint density at radius 1 is 1.48 bits per heavy atom. The molecule has 2 aromatic rings. The number of aryl methyl sites for hydroxylation is 1. The van der Waals surface area contributed by atoms with Crippen LogP contribution in [0.2, 0.25) is 0 Å². The fourth-order valence-corrected chi connectivity index (χ4v) is 3.79. The van der Waals surface area contributed by atoms with E-state index in [4.69, 9.17) is 0 Å². The molecule has 3 heterocycles. The molecule has 1 aliphatic rings. The number of thiophene rings is 1. The van der Waals surface area contributed by atoms with Crippen LogP contribution in [0.4, 0.5) is 0 Å². The molecule has 5 heteroatoms. The van der Waals surface area contributed by atoms with E-state index < -0.39 is 0 Å². The Morgan fingerprint density at radius 3 is 3.19 bits per heavy atom. The van der Waals surface area contributed by atoms with Crippen LogP contribution in [0.15, 0.2) is 30.0 Å². The quantitative estimate of drug-likeness (QED) is 0.890. The van der Waals surface area contributed by atoms with E-state index >= 15 is 0 Å². The lowest BCUT2D eigenvalue weighted by atomic mass is 9.98. The first-order valence-corrected chi connectivity index (χ1v) is 8.60. The summed E-state index contributed by atoms with van der Waals surface area (Å²) in [7, 11) is 2.05. The average Bonchev–Trinajstić information content (AvgIpc) is 3.12. The molecule has 114 valence electrons. The molecular formula is C16H24N4S. The maximum absolute atomic E-state index is 4.16. The van der Waals surface area contributed by atoms with Crippen LogP contribution >= 0.6 is 11.3 Å². The number of hydrogen-bond donors (Lipinski definition) is 1. The Labute approximate surface area is 130 Å². The largest absolute Gasteiger partial charge is 0.337 e. The predicted molar refractivity (Wildman–Crippen MR) is 87.2 cm³/mol. The average molecular weight is 304 g/mol. The van der Waals surface area contributed by atoms with Gasteiger partial charge in [-0.25, -0.2) is 4.98 Å². The van der Waals surface area contributed by atoms with Gasteiger partial charge in [0.2, 0.25) is 0 Å². The fourth-order valence-electron chi connectivity index (χ4n) is 3.04. The molecule has 21 heavy (non-hydrogen) atoms. The van der Waals surface area contributed by atoms with Gasteiger partial charge < -0.3 is 9.88 Å². The van der Waals surface area contributed by atoms with Crippen LogP contribution in [0.5, 0.6) is 0 Å². The highest BCUT2D eigenvalue weighted by Crippen LogP contribution is 2.20. The molecule has 1 N–H and O–H groups in total. The Hall–Kier alpha value is -1.17. The van der Waals surface area contributed by atoms with Crippen molar-refractivity contribution in [2.75, 3.05) is 19.6 Å². The van der Waals surface area contributed by atoms with Crippen molar-refractivity contribution >= 4 is 11.3 Å². The van der Waals surface area contributed by atoms with Crippen LogP contribution in [-0.4, -0.2) is 34.1 Å². The highest BCUT2D eigenvalue weighted by molar-refractivity contribution is 7.09. The molecule has 1 fully saturated rings. The minimum absolute atomic E-state index is 0.770. The van der Waals surface area contributed by atoms with Crippen LogP contribution in [0.3, 0.4) is 0 Å². The lowest BCUT2D eigenvalue weighted by molar-refractivity contribution is 0.166. The first-order chi connectivity index (χ1) is 10.3. The Kier molecular flexibility index (Phi) is 5.06. The van der Waals surface area contributed by atoms with Gasteiger partial charge in [-0.1, -0.05) is 6.07 Å². The van der Waals surface area contributed by atoms with E-state index in [1.54, 1.807) is 0 Å². The summed E-state index contributed by atoms with van der Waals surface area (Å²) in [6.45, 7) is 5.60. The third-order valence-electron chi connectivity index (χ3n) is 4.22. The molecule has 1 atom stereocenters. The molecule has 3 rings (SSSR count). The maximum Gasteiger partial charge on any atom is 0.0945 e. The van der Waals surface area contributed by atoms with Crippen molar-refractivity contribution in [1.29, 1.82) is 0 Å². The summed E-state index contributed by atoms with van der Waals surface area (Å²) in [5.41, 5.74) is 1.25. The van der Waals surface area contributed by atoms with Crippen molar-refractivity contribution in [2.45, 2.75) is 25.9 Å². The highest BCUT2D eigenvalue weighted by atomic mass is 32.1. The molecule has 0 saturated carbocycles. The van der Waals surface area contributed by atoms with E-state index in [9.17, 15) is 0 Å². The monoisotopic (exact) mass is 304 g/mol. The SMILES string of the molecule is Cn1cncc1CNC[C@@H]1CCCN(Cc2cccs2)C1. The Balaban J connectivity index is 1.42. The van der Waals surface area contributed by atoms with E-state index in [-0.39, 0.29) is 0 Å². The van der Waals surface area contributed by atoms with Gasteiger partial charge in [0, 0.05) is 37.8 Å². The Morgan fingerprint density at radius 2 is 2.43 bits per heavy atom.